The Labute approximate surface area is 160 Å². The maximum absolute atomic E-state index is 14.7. The summed E-state index contributed by atoms with van der Waals surface area (Å²) >= 11 is 0. The van der Waals surface area contributed by atoms with Crippen LogP contribution < -0.4 is 10.2 Å². The molecular formula is C19H18FN5O3. The first kappa shape index (κ1) is 19.2. The van der Waals surface area contributed by atoms with Crippen molar-refractivity contribution in [3.05, 3.63) is 64.3 Å². The van der Waals surface area contributed by atoms with Crippen molar-refractivity contribution in [1.29, 1.82) is 0 Å². The van der Waals surface area contributed by atoms with E-state index in [4.69, 9.17) is 10.3 Å². The van der Waals surface area contributed by atoms with Gasteiger partial charge in [0.05, 0.1) is 25.3 Å². The second-order valence-electron chi connectivity index (χ2n) is 6.31. The molecule has 8 nitrogen and oxygen atoms in total. The Morgan fingerprint density at radius 2 is 2.21 bits per heavy atom. The van der Waals surface area contributed by atoms with Crippen LogP contribution in [-0.4, -0.2) is 31.2 Å². The molecule has 0 spiro atoms. The fourth-order valence-electron chi connectivity index (χ4n) is 2.95. The summed E-state index contributed by atoms with van der Waals surface area (Å²) in [6.45, 7) is 1.99. The number of azide groups is 1. The average molecular weight is 383 g/mol. The fraction of sp³-hybridized carbons (Fsp3) is 0.263. The maximum Gasteiger partial charge on any atom is 0.414 e. The van der Waals surface area contributed by atoms with E-state index in [0.29, 0.717) is 16.8 Å². The summed E-state index contributed by atoms with van der Waals surface area (Å²) in [5, 5.41) is 6.10. The number of hydrogen-bond donors (Lipinski definition) is 1. The highest BCUT2D eigenvalue weighted by Crippen LogP contribution is 2.29. The van der Waals surface area contributed by atoms with E-state index in [0.717, 1.165) is 5.56 Å². The standard InChI is InChI=1S/C19H18FN5O3/c1-12(26)22-10-16-11-25(19(27)28-16)15-5-6-17(18(20)8-15)14-4-2-3-13(7-14)9-23-24-21/h2-8,16H,9-11H2,1H3,(H,22,26). The predicted molar refractivity (Wildman–Crippen MR) is 101 cm³/mol. The molecule has 1 N–H and O–H groups in total. The summed E-state index contributed by atoms with van der Waals surface area (Å²) in [5.74, 6) is -0.705. The number of benzene rings is 2. The number of cyclic esters (lactones) is 1. The summed E-state index contributed by atoms with van der Waals surface area (Å²) in [6.07, 6.45) is -1.07. The van der Waals surface area contributed by atoms with E-state index in [1.807, 2.05) is 0 Å². The molecule has 0 saturated carbocycles. The number of nitrogens with one attached hydrogen (secondary N) is 1. The number of carbonyl (C=O) groups excluding carboxylic acids is 2. The molecule has 0 aliphatic carbocycles. The number of amides is 2. The van der Waals surface area contributed by atoms with E-state index in [-0.39, 0.29) is 25.5 Å². The van der Waals surface area contributed by atoms with E-state index in [1.165, 1.54) is 17.9 Å². The van der Waals surface area contributed by atoms with Crippen LogP contribution in [0.5, 0.6) is 0 Å². The molecule has 28 heavy (non-hydrogen) atoms. The Kier molecular flexibility index (Phi) is 5.76. The van der Waals surface area contributed by atoms with Gasteiger partial charge in [-0.25, -0.2) is 9.18 Å². The molecule has 0 radical (unpaired) electrons. The Morgan fingerprint density at radius 1 is 1.39 bits per heavy atom. The van der Waals surface area contributed by atoms with E-state index in [1.54, 1.807) is 36.4 Å². The molecule has 1 aliphatic rings. The van der Waals surface area contributed by atoms with Crippen molar-refractivity contribution >= 4 is 17.7 Å². The van der Waals surface area contributed by atoms with Gasteiger partial charge in [0, 0.05) is 17.4 Å². The molecule has 3 rings (SSSR count). The van der Waals surface area contributed by atoms with Gasteiger partial charge in [-0.1, -0.05) is 29.4 Å². The van der Waals surface area contributed by atoms with E-state index in [2.05, 4.69) is 15.3 Å². The number of halogens is 1. The SMILES string of the molecule is CC(=O)NCC1CN(c2ccc(-c3cccc(CN=[N+]=[N-])c3)c(F)c2)C(=O)O1. The van der Waals surface area contributed by atoms with Gasteiger partial charge in [-0.15, -0.1) is 0 Å². The molecule has 1 atom stereocenters. The van der Waals surface area contributed by atoms with Crippen LogP contribution in [0.4, 0.5) is 14.9 Å². The Balaban J connectivity index is 1.78. The summed E-state index contributed by atoms with van der Waals surface area (Å²) < 4.78 is 19.9. The average Bonchev–Trinajstić information content (AvgIpc) is 3.05. The first-order chi connectivity index (χ1) is 13.5. The quantitative estimate of drug-likeness (QED) is 0.466. The lowest BCUT2D eigenvalue weighted by molar-refractivity contribution is -0.119. The lowest BCUT2D eigenvalue weighted by atomic mass is 10.0. The monoisotopic (exact) mass is 383 g/mol. The third-order valence-corrected chi connectivity index (χ3v) is 4.27. The van der Waals surface area contributed by atoms with Crippen molar-refractivity contribution in [1.82, 2.24) is 5.32 Å². The minimum Gasteiger partial charge on any atom is -0.442 e. The highest BCUT2D eigenvalue weighted by Gasteiger charge is 2.32. The molecule has 1 fully saturated rings. The lowest BCUT2D eigenvalue weighted by Gasteiger charge is -2.15. The van der Waals surface area contributed by atoms with Gasteiger partial charge < -0.3 is 10.1 Å². The fourth-order valence-corrected chi connectivity index (χ4v) is 2.95. The van der Waals surface area contributed by atoms with Crippen LogP contribution in [0.3, 0.4) is 0 Å². The summed E-state index contributed by atoms with van der Waals surface area (Å²) in [5.41, 5.74) is 10.6. The van der Waals surface area contributed by atoms with Crippen LogP contribution >= 0.6 is 0 Å². The van der Waals surface area contributed by atoms with Crippen LogP contribution in [0, 0.1) is 5.82 Å². The Bertz CT molecular complexity index is 958. The zero-order valence-corrected chi connectivity index (χ0v) is 15.1. The number of ether oxygens (including phenoxy) is 1. The highest BCUT2D eigenvalue weighted by molar-refractivity contribution is 5.90. The highest BCUT2D eigenvalue weighted by atomic mass is 19.1. The molecule has 1 aliphatic heterocycles. The van der Waals surface area contributed by atoms with Gasteiger partial charge in [0.25, 0.3) is 0 Å². The second-order valence-corrected chi connectivity index (χ2v) is 6.31. The molecule has 1 heterocycles. The van der Waals surface area contributed by atoms with E-state index >= 15 is 0 Å². The van der Waals surface area contributed by atoms with Gasteiger partial charge in [-0.05, 0) is 34.9 Å². The van der Waals surface area contributed by atoms with Gasteiger partial charge in [0.15, 0.2) is 0 Å². The van der Waals surface area contributed by atoms with Gasteiger partial charge in [0.2, 0.25) is 5.91 Å². The number of hydrogen-bond acceptors (Lipinski definition) is 4. The second kappa shape index (κ2) is 8.41. The van der Waals surface area contributed by atoms with Crippen molar-refractivity contribution in [3.8, 4) is 11.1 Å². The first-order valence-electron chi connectivity index (χ1n) is 8.60. The van der Waals surface area contributed by atoms with Crippen molar-refractivity contribution in [3.63, 3.8) is 0 Å². The van der Waals surface area contributed by atoms with Gasteiger partial charge in [0.1, 0.15) is 11.9 Å². The molecule has 1 saturated heterocycles. The molecule has 1 unspecified atom stereocenters. The van der Waals surface area contributed by atoms with E-state index < -0.39 is 18.0 Å². The molecule has 2 aromatic carbocycles. The minimum atomic E-state index is -0.584. The van der Waals surface area contributed by atoms with Gasteiger partial charge in [-0.3, -0.25) is 9.69 Å². The summed E-state index contributed by atoms with van der Waals surface area (Å²) in [4.78, 5) is 27.1. The molecule has 144 valence electrons. The maximum atomic E-state index is 14.7. The van der Waals surface area contributed by atoms with E-state index in [9.17, 15) is 14.0 Å². The molecule has 0 aromatic heterocycles. The zero-order chi connectivity index (χ0) is 20.1. The van der Waals surface area contributed by atoms with Crippen LogP contribution in [0.1, 0.15) is 12.5 Å². The number of rotatable bonds is 6. The first-order valence-corrected chi connectivity index (χ1v) is 8.60. The van der Waals surface area contributed by atoms with Crippen molar-refractivity contribution in [2.75, 3.05) is 18.0 Å². The van der Waals surface area contributed by atoms with Gasteiger partial charge >= 0.3 is 6.09 Å². The lowest BCUT2D eigenvalue weighted by Crippen LogP contribution is -2.33. The molecule has 2 aromatic rings. The van der Waals surface area contributed by atoms with Crippen LogP contribution in [0.15, 0.2) is 47.6 Å². The third-order valence-electron chi connectivity index (χ3n) is 4.27. The van der Waals surface area contributed by atoms with Crippen molar-refractivity contribution in [2.45, 2.75) is 19.6 Å². The minimum absolute atomic E-state index is 0.180. The smallest absolute Gasteiger partial charge is 0.414 e. The predicted octanol–water partition coefficient (Wildman–Crippen LogP) is 3.76. The molecule has 9 heteroatoms. The zero-order valence-electron chi connectivity index (χ0n) is 15.1. The van der Waals surface area contributed by atoms with Crippen LogP contribution in [0.25, 0.3) is 21.6 Å². The normalized spacial score (nSPS) is 15.7. The van der Waals surface area contributed by atoms with Gasteiger partial charge in [-0.2, -0.15) is 0 Å². The number of nitrogens with zero attached hydrogens (tertiary/aromatic N) is 4. The number of anilines is 1. The molecular weight excluding hydrogens is 365 g/mol. The Morgan fingerprint density at radius 3 is 2.93 bits per heavy atom. The van der Waals surface area contributed by atoms with Crippen molar-refractivity contribution in [2.24, 2.45) is 5.11 Å². The molecule has 2 amide bonds. The largest absolute Gasteiger partial charge is 0.442 e. The van der Waals surface area contributed by atoms with Crippen molar-refractivity contribution < 1.29 is 18.7 Å². The summed E-state index contributed by atoms with van der Waals surface area (Å²) in [6, 6.07) is 11.6. The number of carbonyl (C=O) groups is 2. The Hall–Kier alpha value is -3.58. The third kappa shape index (κ3) is 4.39. The molecule has 0 bridgehead atoms. The van der Waals surface area contributed by atoms with Crippen LogP contribution in [0.2, 0.25) is 0 Å². The van der Waals surface area contributed by atoms with Crippen LogP contribution in [-0.2, 0) is 16.1 Å². The topological polar surface area (TPSA) is 107 Å². The summed E-state index contributed by atoms with van der Waals surface area (Å²) in [7, 11) is 0.